The van der Waals surface area contributed by atoms with Gasteiger partial charge in [0.15, 0.2) is 5.01 Å². The molecule has 0 saturated heterocycles. The minimum absolute atomic E-state index is 0.419. The molecule has 0 aliphatic rings. The summed E-state index contributed by atoms with van der Waals surface area (Å²) in [6.07, 6.45) is 0. The van der Waals surface area contributed by atoms with E-state index >= 15 is 0 Å². The molecule has 4 nitrogen and oxygen atoms in total. The lowest BCUT2D eigenvalue weighted by atomic mass is 9.99. The van der Waals surface area contributed by atoms with E-state index in [2.05, 4.69) is 36.0 Å². The zero-order valence-electron chi connectivity index (χ0n) is 10.2. The number of nitrogens with two attached hydrogens (primary N) is 1. The van der Waals surface area contributed by atoms with Crippen molar-refractivity contribution in [3.8, 4) is 10.7 Å². The Kier molecular flexibility index (Phi) is 3.38. The first-order valence-electron chi connectivity index (χ1n) is 5.64. The molecule has 17 heavy (non-hydrogen) atoms. The minimum atomic E-state index is 0.419. The van der Waals surface area contributed by atoms with Crippen molar-refractivity contribution in [1.82, 2.24) is 15.2 Å². The van der Waals surface area contributed by atoms with E-state index in [1.54, 1.807) is 17.4 Å². The second-order valence-corrected chi connectivity index (χ2v) is 5.43. The van der Waals surface area contributed by atoms with Crippen LogP contribution in [0.1, 0.15) is 31.7 Å². The molecular weight excluding hydrogens is 232 g/mol. The molecule has 2 rings (SSSR count). The van der Waals surface area contributed by atoms with Gasteiger partial charge in [0.25, 0.3) is 0 Å². The highest BCUT2D eigenvalue weighted by Crippen LogP contribution is 2.30. The zero-order chi connectivity index (χ0) is 12.4. The topological polar surface area (TPSA) is 64.7 Å². The number of pyridine rings is 1. The third kappa shape index (κ3) is 2.61. The number of nitrogens with zero attached hydrogens (tertiary/aromatic N) is 3. The molecular formula is C12H16N4S. The van der Waals surface area contributed by atoms with Gasteiger partial charge in [0.2, 0.25) is 0 Å². The Balaban J connectivity index is 2.30. The number of anilines is 1. The Hall–Kier alpha value is -1.49. The van der Waals surface area contributed by atoms with Gasteiger partial charge in [-0.25, -0.2) is 4.98 Å². The van der Waals surface area contributed by atoms with Gasteiger partial charge in [0.1, 0.15) is 16.5 Å². The summed E-state index contributed by atoms with van der Waals surface area (Å²) in [5.74, 6) is 1.49. The van der Waals surface area contributed by atoms with Crippen LogP contribution in [0, 0.1) is 5.92 Å². The van der Waals surface area contributed by atoms with E-state index in [-0.39, 0.29) is 0 Å². The molecule has 0 fully saturated rings. The van der Waals surface area contributed by atoms with E-state index in [0.717, 1.165) is 15.7 Å². The maximum absolute atomic E-state index is 5.66. The van der Waals surface area contributed by atoms with Gasteiger partial charge in [-0.2, -0.15) is 0 Å². The van der Waals surface area contributed by atoms with Crippen molar-refractivity contribution in [3.05, 3.63) is 23.2 Å². The molecule has 0 aliphatic carbocycles. The van der Waals surface area contributed by atoms with Crippen molar-refractivity contribution in [3.63, 3.8) is 0 Å². The van der Waals surface area contributed by atoms with Crippen LogP contribution in [0.15, 0.2) is 18.2 Å². The number of hydrogen-bond acceptors (Lipinski definition) is 5. The average molecular weight is 248 g/mol. The lowest BCUT2D eigenvalue weighted by Gasteiger charge is -2.10. The van der Waals surface area contributed by atoms with E-state index in [0.29, 0.717) is 17.7 Å². The molecule has 1 unspecified atom stereocenters. The van der Waals surface area contributed by atoms with E-state index in [1.807, 2.05) is 12.1 Å². The summed E-state index contributed by atoms with van der Waals surface area (Å²) in [7, 11) is 0. The molecule has 0 spiro atoms. The van der Waals surface area contributed by atoms with Crippen LogP contribution in [-0.4, -0.2) is 15.2 Å². The molecule has 0 radical (unpaired) electrons. The fourth-order valence-corrected chi connectivity index (χ4v) is 2.42. The van der Waals surface area contributed by atoms with Gasteiger partial charge in [-0.15, -0.1) is 10.2 Å². The normalized spacial score (nSPS) is 12.9. The van der Waals surface area contributed by atoms with Gasteiger partial charge in [-0.3, -0.25) is 0 Å². The smallest absolute Gasteiger partial charge is 0.166 e. The number of aromatic nitrogens is 3. The largest absolute Gasteiger partial charge is 0.384 e. The summed E-state index contributed by atoms with van der Waals surface area (Å²) in [4.78, 5) is 4.25. The first-order valence-corrected chi connectivity index (χ1v) is 6.46. The lowest BCUT2D eigenvalue weighted by Crippen LogP contribution is -2.00. The van der Waals surface area contributed by atoms with Crippen LogP contribution in [-0.2, 0) is 0 Å². The summed E-state index contributed by atoms with van der Waals surface area (Å²) in [5, 5.41) is 10.3. The maximum atomic E-state index is 5.66. The van der Waals surface area contributed by atoms with Crippen molar-refractivity contribution in [1.29, 1.82) is 0 Å². The van der Waals surface area contributed by atoms with Crippen LogP contribution in [0.4, 0.5) is 5.82 Å². The Morgan fingerprint density at radius 1 is 1.18 bits per heavy atom. The summed E-state index contributed by atoms with van der Waals surface area (Å²) in [5.41, 5.74) is 6.45. The SMILES string of the molecule is CC(C)C(C)c1nnc(-c2cccc(N)n2)s1. The Morgan fingerprint density at radius 2 is 1.94 bits per heavy atom. The molecule has 2 N–H and O–H groups in total. The van der Waals surface area contributed by atoms with Gasteiger partial charge >= 0.3 is 0 Å². The highest BCUT2D eigenvalue weighted by atomic mass is 32.1. The van der Waals surface area contributed by atoms with E-state index < -0.39 is 0 Å². The summed E-state index contributed by atoms with van der Waals surface area (Å²) < 4.78 is 0. The molecule has 5 heteroatoms. The van der Waals surface area contributed by atoms with Crippen LogP contribution in [0.5, 0.6) is 0 Å². The van der Waals surface area contributed by atoms with Gasteiger partial charge in [-0.05, 0) is 18.1 Å². The van der Waals surface area contributed by atoms with Crippen LogP contribution < -0.4 is 5.73 Å². The fourth-order valence-electron chi connectivity index (χ4n) is 1.38. The van der Waals surface area contributed by atoms with Gasteiger partial charge in [0, 0.05) is 5.92 Å². The summed E-state index contributed by atoms with van der Waals surface area (Å²) in [6.45, 7) is 6.54. The number of hydrogen-bond donors (Lipinski definition) is 1. The van der Waals surface area contributed by atoms with E-state index in [1.165, 1.54) is 0 Å². The second kappa shape index (κ2) is 4.79. The van der Waals surface area contributed by atoms with Gasteiger partial charge in [-0.1, -0.05) is 38.2 Å². The average Bonchev–Trinajstić information content (AvgIpc) is 2.77. The van der Waals surface area contributed by atoms with Crippen molar-refractivity contribution in [2.24, 2.45) is 5.92 Å². The molecule has 2 heterocycles. The highest BCUT2D eigenvalue weighted by molar-refractivity contribution is 7.14. The van der Waals surface area contributed by atoms with Crippen LogP contribution in [0.2, 0.25) is 0 Å². The number of nitrogen functional groups attached to an aromatic ring is 1. The molecule has 1 atom stereocenters. The first-order chi connectivity index (χ1) is 8.08. The second-order valence-electron chi connectivity index (χ2n) is 4.43. The third-order valence-electron chi connectivity index (χ3n) is 2.82. The molecule has 0 aromatic carbocycles. The maximum Gasteiger partial charge on any atom is 0.166 e. The molecule has 90 valence electrons. The van der Waals surface area contributed by atoms with E-state index in [4.69, 9.17) is 5.73 Å². The predicted molar refractivity (Wildman–Crippen MR) is 70.8 cm³/mol. The van der Waals surface area contributed by atoms with Crippen molar-refractivity contribution >= 4 is 17.2 Å². The molecule has 2 aromatic rings. The predicted octanol–water partition coefficient (Wildman–Crippen LogP) is 2.94. The lowest BCUT2D eigenvalue weighted by molar-refractivity contribution is 0.529. The van der Waals surface area contributed by atoms with Crippen LogP contribution in [0.25, 0.3) is 10.7 Å². The van der Waals surface area contributed by atoms with Crippen molar-refractivity contribution in [2.45, 2.75) is 26.7 Å². The van der Waals surface area contributed by atoms with E-state index in [9.17, 15) is 0 Å². The van der Waals surface area contributed by atoms with Crippen LogP contribution >= 0.6 is 11.3 Å². The number of rotatable bonds is 3. The monoisotopic (exact) mass is 248 g/mol. The molecule has 0 aliphatic heterocycles. The van der Waals surface area contributed by atoms with Crippen molar-refractivity contribution in [2.75, 3.05) is 5.73 Å². The third-order valence-corrected chi connectivity index (χ3v) is 3.97. The van der Waals surface area contributed by atoms with Crippen molar-refractivity contribution < 1.29 is 0 Å². The molecule has 0 amide bonds. The fraction of sp³-hybridized carbons (Fsp3) is 0.417. The minimum Gasteiger partial charge on any atom is -0.384 e. The summed E-state index contributed by atoms with van der Waals surface area (Å²) in [6, 6.07) is 5.55. The molecule has 0 bridgehead atoms. The molecule has 2 aromatic heterocycles. The Bertz CT molecular complexity index is 507. The molecule has 0 saturated carbocycles. The highest BCUT2D eigenvalue weighted by Gasteiger charge is 2.16. The van der Waals surface area contributed by atoms with Gasteiger partial charge in [0.05, 0.1) is 0 Å². The summed E-state index contributed by atoms with van der Waals surface area (Å²) >= 11 is 1.59. The first kappa shape index (κ1) is 12.0. The van der Waals surface area contributed by atoms with Crippen LogP contribution in [0.3, 0.4) is 0 Å². The zero-order valence-corrected chi connectivity index (χ0v) is 11.0. The quantitative estimate of drug-likeness (QED) is 0.907. The van der Waals surface area contributed by atoms with Gasteiger partial charge < -0.3 is 5.73 Å². The Morgan fingerprint density at radius 3 is 2.59 bits per heavy atom. The standard InChI is InChI=1S/C12H16N4S/c1-7(2)8(3)11-15-16-12(17-11)9-5-4-6-10(13)14-9/h4-8H,1-3H3,(H2,13,14). The Labute approximate surface area is 105 Å².